The Labute approximate surface area is 294 Å². The van der Waals surface area contributed by atoms with Crippen LogP contribution in [-0.4, -0.2) is 53.3 Å². The molecule has 0 spiro atoms. The minimum atomic E-state index is -0.905. The van der Waals surface area contributed by atoms with Crippen molar-refractivity contribution in [2.75, 3.05) is 25.6 Å². The number of aromatic nitrogens is 2. The van der Waals surface area contributed by atoms with Gasteiger partial charge < -0.3 is 24.8 Å². The summed E-state index contributed by atoms with van der Waals surface area (Å²) in [6, 6.07) is 24.1. The molecule has 3 aromatic carbocycles. The molecule has 4 aromatic rings. The van der Waals surface area contributed by atoms with Crippen LogP contribution in [0.4, 0.5) is 11.4 Å². The van der Waals surface area contributed by atoms with Gasteiger partial charge in [-0.05, 0) is 74.9 Å². The number of carbonyl (C=O) groups excluding carboxylic acids is 3. The molecule has 13 nitrogen and oxygen atoms in total. The van der Waals surface area contributed by atoms with Crippen molar-refractivity contribution >= 4 is 29.2 Å². The molecule has 0 saturated carbocycles. The van der Waals surface area contributed by atoms with E-state index in [9.17, 15) is 24.5 Å². The summed E-state index contributed by atoms with van der Waals surface area (Å²) in [6.45, 7) is 4.00. The minimum absolute atomic E-state index is 0.159. The highest BCUT2D eigenvalue weighted by Gasteiger charge is 2.38. The summed E-state index contributed by atoms with van der Waals surface area (Å²) in [4.78, 5) is 49.6. The fraction of sp³-hybridized carbons (Fsp3) is 0.263. The van der Waals surface area contributed by atoms with Gasteiger partial charge in [-0.2, -0.15) is 0 Å². The second-order valence-corrected chi connectivity index (χ2v) is 11.9. The van der Waals surface area contributed by atoms with Crippen molar-refractivity contribution in [3.63, 3.8) is 0 Å². The van der Waals surface area contributed by atoms with Crippen LogP contribution in [-0.2, 0) is 19.1 Å². The molecule has 5 rings (SSSR count). The zero-order valence-corrected chi connectivity index (χ0v) is 28.6. The summed E-state index contributed by atoms with van der Waals surface area (Å²) in [5.74, 6) is -1.88. The summed E-state index contributed by atoms with van der Waals surface area (Å²) in [6.07, 6.45) is 2.99. The molecule has 0 fully saturated rings. The number of nitrogens with one attached hydrogen (secondary N) is 3. The summed E-state index contributed by atoms with van der Waals surface area (Å²) in [5, 5.41) is 24.6. The largest absolute Gasteiger partial charge is 0.477 e. The first-order valence-corrected chi connectivity index (χ1v) is 16.5. The van der Waals surface area contributed by atoms with E-state index in [1.54, 1.807) is 32.0 Å². The molecule has 1 amide bonds. The van der Waals surface area contributed by atoms with Crippen molar-refractivity contribution in [3.05, 3.63) is 129 Å². The van der Waals surface area contributed by atoms with Gasteiger partial charge in [0.05, 0.1) is 48.0 Å². The number of carbonyl (C=O) groups is 3. The van der Waals surface area contributed by atoms with Crippen LogP contribution in [0.25, 0.3) is 11.3 Å². The van der Waals surface area contributed by atoms with Gasteiger partial charge in [-0.3, -0.25) is 20.0 Å². The van der Waals surface area contributed by atoms with E-state index >= 15 is 0 Å². The van der Waals surface area contributed by atoms with Crippen molar-refractivity contribution in [1.29, 1.82) is 0 Å². The Morgan fingerprint density at radius 3 is 2.22 bits per heavy atom. The van der Waals surface area contributed by atoms with E-state index in [1.807, 2.05) is 48.5 Å². The Morgan fingerprint density at radius 1 is 0.843 bits per heavy atom. The molecule has 1 aliphatic heterocycles. The second-order valence-electron chi connectivity index (χ2n) is 11.9. The number of non-ortho nitro benzene ring substituents is 1. The molecule has 51 heavy (non-hydrogen) atoms. The Morgan fingerprint density at radius 2 is 1.53 bits per heavy atom. The average molecular weight is 694 g/mol. The third-order valence-corrected chi connectivity index (χ3v) is 8.37. The monoisotopic (exact) mass is 693 g/mol. The molecule has 264 valence electrons. The number of H-pyrrole nitrogens is 1. The van der Waals surface area contributed by atoms with Gasteiger partial charge in [0.25, 0.3) is 11.6 Å². The van der Waals surface area contributed by atoms with Crippen molar-refractivity contribution < 1.29 is 33.5 Å². The van der Waals surface area contributed by atoms with E-state index in [0.717, 1.165) is 30.5 Å². The highest BCUT2D eigenvalue weighted by atomic mass is 16.6. The van der Waals surface area contributed by atoms with E-state index in [-0.39, 0.29) is 29.3 Å². The van der Waals surface area contributed by atoms with Crippen LogP contribution >= 0.6 is 0 Å². The van der Waals surface area contributed by atoms with Crippen molar-refractivity contribution in [2.45, 2.75) is 45.4 Å². The predicted octanol–water partition coefficient (Wildman–Crippen LogP) is 6.83. The number of methoxy groups -OCH3 is 1. The number of hydrogen-bond acceptors (Lipinski definition) is 10. The molecule has 1 aromatic heterocycles. The molecular formula is C38H39N5O8. The molecule has 1 unspecified atom stereocenters. The van der Waals surface area contributed by atoms with Gasteiger partial charge in [-0.1, -0.05) is 42.5 Å². The van der Waals surface area contributed by atoms with Crippen LogP contribution in [0.2, 0.25) is 0 Å². The Balaban J connectivity index is 1.06. The lowest BCUT2D eigenvalue weighted by molar-refractivity contribution is -0.384. The van der Waals surface area contributed by atoms with Crippen LogP contribution in [0, 0.1) is 10.1 Å². The highest BCUT2D eigenvalue weighted by Crippen LogP contribution is 2.40. The summed E-state index contributed by atoms with van der Waals surface area (Å²) in [5.41, 5.74) is 4.54. The van der Waals surface area contributed by atoms with E-state index in [4.69, 9.17) is 14.2 Å². The molecule has 3 N–H and O–H groups in total. The van der Waals surface area contributed by atoms with Crippen molar-refractivity contribution in [2.24, 2.45) is 0 Å². The first-order valence-electron chi connectivity index (χ1n) is 16.5. The number of rotatable bonds is 15. The van der Waals surface area contributed by atoms with E-state index in [1.165, 1.54) is 25.3 Å². The number of dihydropyridines is 1. The van der Waals surface area contributed by atoms with Gasteiger partial charge >= 0.3 is 11.9 Å². The standard InChI is InChI=1S/C38H39N5O8/c1-24-33(37(45)49-3)35(28-14-11-15-30(22-28)43(47)48)34(25(2)39-24)38(46)51-21-10-5-4-9-20-50-32-23-31(41-42-32)26-16-18-29(19-17-26)40-36(44)27-12-7-6-8-13-27/h6-8,11-19,22-23,35,39H,4-5,9-10,20-21H2,1-3H3,(H,40,44)(H,41,42). The zero-order chi connectivity index (χ0) is 36.3. The number of esters is 2. The Hall–Kier alpha value is -6.24. The number of aromatic amines is 1. The number of allylic oxidation sites excluding steroid dienone is 2. The molecule has 1 atom stereocenters. The van der Waals surface area contributed by atoms with Crippen molar-refractivity contribution in [3.8, 4) is 17.1 Å². The second kappa shape index (κ2) is 16.9. The molecule has 0 aliphatic carbocycles. The van der Waals surface area contributed by atoms with Gasteiger partial charge in [0.2, 0.25) is 5.88 Å². The lowest BCUT2D eigenvalue weighted by Crippen LogP contribution is -2.32. The summed E-state index contributed by atoms with van der Waals surface area (Å²) < 4.78 is 16.4. The van der Waals surface area contributed by atoms with Crippen molar-refractivity contribution in [1.82, 2.24) is 15.5 Å². The first kappa shape index (κ1) is 36.1. The maximum absolute atomic E-state index is 13.4. The lowest BCUT2D eigenvalue weighted by Gasteiger charge is -2.30. The summed E-state index contributed by atoms with van der Waals surface area (Å²) >= 11 is 0. The molecule has 0 bridgehead atoms. The van der Waals surface area contributed by atoms with Gasteiger partial charge in [0.15, 0.2) is 0 Å². The fourth-order valence-electron chi connectivity index (χ4n) is 5.82. The number of unbranched alkanes of at least 4 members (excludes halogenated alkanes) is 3. The van der Waals surface area contributed by atoms with Gasteiger partial charge in [0, 0.05) is 40.8 Å². The van der Waals surface area contributed by atoms with E-state index in [2.05, 4.69) is 20.8 Å². The number of benzene rings is 3. The van der Waals surface area contributed by atoms with Crippen LogP contribution in [0.3, 0.4) is 0 Å². The van der Waals surface area contributed by atoms with Gasteiger partial charge in [-0.25, -0.2) is 9.59 Å². The number of anilines is 1. The number of nitro groups is 1. The number of nitrogens with zero attached hydrogens (tertiary/aromatic N) is 2. The normalized spacial score (nSPS) is 14.1. The number of nitro benzene ring substituents is 1. The number of ether oxygens (including phenoxy) is 3. The van der Waals surface area contributed by atoms with Crippen LogP contribution in [0.1, 0.15) is 61.4 Å². The zero-order valence-electron chi connectivity index (χ0n) is 28.6. The van der Waals surface area contributed by atoms with Crippen LogP contribution in [0.15, 0.2) is 107 Å². The molecule has 0 saturated heterocycles. The number of amides is 1. The predicted molar refractivity (Wildman–Crippen MR) is 190 cm³/mol. The number of hydrogen-bond donors (Lipinski definition) is 3. The SMILES string of the molecule is COC(=O)C1=C(C)NC(C)=C(C(=O)OCCCCCCOc2cc(-c3ccc(NC(=O)c4ccccc4)cc3)[nH]n2)C1c1cccc([N+](=O)[O-])c1. The molecule has 0 radical (unpaired) electrons. The Bertz CT molecular complexity index is 1950. The van der Waals surface area contributed by atoms with Gasteiger partial charge in [-0.15, -0.1) is 5.10 Å². The van der Waals surface area contributed by atoms with Crippen LogP contribution in [0.5, 0.6) is 5.88 Å². The van der Waals surface area contributed by atoms with E-state index < -0.39 is 22.8 Å². The van der Waals surface area contributed by atoms with E-state index in [0.29, 0.717) is 47.1 Å². The molecule has 2 heterocycles. The third-order valence-electron chi connectivity index (χ3n) is 8.37. The van der Waals surface area contributed by atoms with Gasteiger partial charge in [0.1, 0.15) is 0 Å². The molecule has 1 aliphatic rings. The highest BCUT2D eigenvalue weighted by molar-refractivity contribution is 6.04. The quantitative estimate of drug-likeness (QED) is 0.0518. The third kappa shape index (κ3) is 9.06. The summed E-state index contributed by atoms with van der Waals surface area (Å²) in [7, 11) is 1.24. The topological polar surface area (TPSA) is 175 Å². The molecule has 13 heteroatoms. The Kier molecular flexibility index (Phi) is 12.0. The average Bonchev–Trinajstić information content (AvgIpc) is 3.61. The lowest BCUT2D eigenvalue weighted by atomic mass is 9.80. The molecular weight excluding hydrogens is 654 g/mol. The minimum Gasteiger partial charge on any atom is -0.477 e. The first-order chi connectivity index (χ1) is 24.7. The smallest absolute Gasteiger partial charge is 0.336 e. The van der Waals surface area contributed by atoms with Crippen LogP contribution < -0.4 is 15.4 Å². The maximum atomic E-state index is 13.4. The maximum Gasteiger partial charge on any atom is 0.336 e. The fourth-order valence-corrected chi connectivity index (χ4v) is 5.82.